The zero-order valence-electron chi connectivity index (χ0n) is 15.1. The van der Waals surface area contributed by atoms with Gasteiger partial charge in [-0.1, -0.05) is 36.4 Å². The molecule has 1 aliphatic rings. The highest BCUT2D eigenvalue weighted by Gasteiger charge is 2.13. The Balaban J connectivity index is 1.47. The van der Waals surface area contributed by atoms with Crippen molar-refractivity contribution in [2.75, 3.05) is 12.1 Å². The molecule has 0 fully saturated rings. The predicted molar refractivity (Wildman–Crippen MR) is 104 cm³/mol. The van der Waals surface area contributed by atoms with Crippen LogP contribution in [0.1, 0.15) is 22.4 Å². The van der Waals surface area contributed by atoms with Gasteiger partial charge >= 0.3 is 0 Å². The second-order valence-electron chi connectivity index (χ2n) is 6.22. The van der Waals surface area contributed by atoms with Crippen LogP contribution in [0.2, 0.25) is 0 Å². The van der Waals surface area contributed by atoms with E-state index >= 15 is 0 Å². The van der Waals surface area contributed by atoms with Crippen LogP contribution in [0.5, 0.6) is 11.5 Å². The molecule has 0 saturated heterocycles. The van der Waals surface area contributed by atoms with Gasteiger partial charge in [-0.2, -0.15) is 0 Å². The standard InChI is InChI=1S/C21H20N4O2/c1-15-18(12-22-10-16-5-3-2-4-6-16)21(25-13-24-15)23-11-17-7-8-19-20(9-17)27-14-26-19/h2-9,12-13H,10-11,14H2,1H3,(H,23,24,25). The highest BCUT2D eigenvalue weighted by molar-refractivity contribution is 5.87. The van der Waals surface area contributed by atoms with E-state index < -0.39 is 0 Å². The molecular weight excluding hydrogens is 340 g/mol. The SMILES string of the molecule is Cc1ncnc(NCc2ccc3c(c2)OCO3)c1C=NCc1ccccc1. The third-order valence-electron chi connectivity index (χ3n) is 4.32. The van der Waals surface area contributed by atoms with E-state index in [2.05, 4.69) is 32.4 Å². The van der Waals surface area contributed by atoms with Crippen molar-refractivity contribution < 1.29 is 9.47 Å². The molecule has 0 radical (unpaired) electrons. The molecule has 0 amide bonds. The molecule has 2 heterocycles. The molecule has 0 saturated carbocycles. The first-order valence-electron chi connectivity index (χ1n) is 8.77. The summed E-state index contributed by atoms with van der Waals surface area (Å²) in [5.41, 5.74) is 4.03. The zero-order valence-corrected chi connectivity index (χ0v) is 15.1. The average Bonchev–Trinajstić information content (AvgIpc) is 3.17. The van der Waals surface area contributed by atoms with E-state index in [1.165, 1.54) is 0 Å². The van der Waals surface area contributed by atoms with Crippen LogP contribution in [-0.4, -0.2) is 23.0 Å². The van der Waals surface area contributed by atoms with Gasteiger partial charge in [-0.05, 0) is 30.2 Å². The maximum absolute atomic E-state index is 5.43. The van der Waals surface area contributed by atoms with Crippen molar-refractivity contribution in [1.29, 1.82) is 0 Å². The number of hydrogen-bond acceptors (Lipinski definition) is 6. The molecule has 136 valence electrons. The summed E-state index contributed by atoms with van der Waals surface area (Å²) in [5.74, 6) is 2.32. The molecular formula is C21H20N4O2. The average molecular weight is 360 g/mol. The summed E-state index contributed by atoms with van der Waals surface area (Å²) in [7, 11) is 0. The summed E-state index contributed by atoms with van der Waals surface area (Å²) >= 11 is 0. The fourth-order valence-electron chi connectivity index (χ4n) is 2.84. The third kappa shape index (κ3) is 4.06. The number of ether oxygens (including phenoxy) is 2. The minimum Gasteiger partial charge on any atom is -0.454 e. The van der Waals surface area contributed by atoms with E-state index in [4.69, 9.17) is 9.47 Å². The lowest BCUT2D eigenvalue weighted by molar-refractivity contribution is 0.174. The number of benzene rings is 2. The van der Waals surface area contributed by atoms with Crippen molar-refractivity contribution in [3.8, 4) is 11.5 Å². The Morgan fingerprint density at radius 1 is 1.04 bits per heavy atom. The first-order valence-corrected chi connectivity index (χ1v) is 8.77. The fraction of sp³-hybridized carbons (Fsp3) is 0.190. The molecule has 6 nitrogen and oxygen atoms in total. The molecule has 1 aromatic heterocycles. The molecule has 0 aliphatic carbocycles. The Morgan fingerprint density at radius 3 is 2.78 bits per heavy atom. The molecule has 0 spiro atoms. The highest BCUT2D eigenvalue weighted by atomic mass is 16.7. The molecule has 1 aliphatic heterocycles. The van der Waals surface area contributed by atoms with Crippen molar-refractivity contribution in [2.24, 2.45) is 4.99 Å². The van der Waals surface area contributed by atoms with Gasteiger partial charge in [0.25, 0.3) is 0 Å². The van der Waals surface area contributed by atoms with Gasteiger partial charge in [0, 0.05) is 12.8 Å². The smallest absolute Gasteiger partial charge is 0.231 e. The van der Waals surface area contributed by atoms with Crippen LogP contribution in [0.25, 0.3) is 0 Å². The number of anilines is 1. The molecule has 0 atom stereocenters. The summed E-state index contributed by atoms with van der Waals surface area (Å²) in [6.45, 7) is 3.47. The molecule has 0 unspecified atom stereocenters. The van der Waals surface area contributed by atoms with Gasteiger partial charge in [-0.15, -0.1) is 0 Å². The lowest BCUT2D eigenvalue weighted by atomic mass is 10.2. The van der Waals surface area contributed by atoms with Crippen LogP contribution in [-0.2, 0) is 13.1 Å². The van der Waals surface area contributed by atoms with Crippen molar-refractivity contribution in [2.45, 2.75) is 20.0 Å². The summed E-state index contributed by atoms with van der Waals surface area (Å²) in [6.07, 6.45) is 3.40. The number of aryl methyl sites for hydroxylation is 1. The van der Waals surface area contributed by atoms with E-state index in [-0.39, 0.29) is 6.79 Å². The van der Waals surface area contributed by atoms with Gasteiger partial charge in [0.15, 0.2) is 11.5 Å². The largest absolute Gasteiger partial charge is 0.454 e. The van der Waals surface area contributed by atoms with E-state index in [9.17, 15) is 0 Å². The number of nitrogens with zero attached hydrogens (tertiary/aromatic N) is 3. The van der Waals surface area contributed by atoms with E-state index in [1.807, 2.05) is 49.5 Å². The monoisotopic (exact) mass is 360 g/mol. The lowest BCUT2D eigenvalue weighted by Crippen LogP contribution is -2.07. The van der Waals surface area contributed by atoms with Gasteiger partial charge < -0.3 is 14.8 Å². The lowest BCUT2D eigenvalue weighted by Gasteiger charge is -2.10. The molecule has 3 aromatic rings. The Morgan fingerprint density at radius 2 is 1.89 bits per heavy atom. The van der Waals surface area contributed by atoms with Crippen molar-refractivity contribution in [3.63, 3.8) is 0 Å². The fourth-order valence-corrected chi connectivity index (χ4v) is 2.84. The molecule has 2 aromatic carbocycles. The minimum atomic E-state index is 0.277. The van der Waals surface area contributed by atoms with Gasteiger partial charge in [0.1, 0.15) is 12.1 Å². The number of fused-ring (bicyclic) bond motifs is 1. The van der Waals surface area contributed by atoms with Crippen LogP contribution >= 0.6 is 0 Å². The number of aliphatic imine (C=N–C) groups is 1. The van der Waals surface area contributed by atoms with Crippen LogP contribution in [0.15, 0.2) is 59.9 Å². The van der Waals surface area contributed by atoms with Crippen molar-refractivity contribution in [3.05, 3.63) is 77.2 Å². The van der Waals surface area contributed by atoms with Gasteiger partial charge in [0.2, 0.25) is 6.79 Å². The van der Waals surface area contributed by atoms with Crippen LogP contribution in [0, 0.1) is 6.92 Å². The second-order valence-corrected chi connectivity index (χ2v) is 6.22. The zero-order chi connectivity index (χ0) is 18.5. The minimum absolute atomic E-state index is 0.277. The summed E-state index contributed by atoms with van der Waals surface area (Å²) in [6, 6.07) is 16.1. The Kier molecular flexibility index (Phi) is 4.96. The second kappa shape index (κ2) is 7.86. The number of aromatic nitrogens is 2. The maximum Gasteiger partial charge on any atom is 0.231 e. The molecule has 1 N–H and O–H groups in total. The van der Waals surface area contributed by atoms with Crippen LogP contribution in [0.4, 0.5) is 5.82 Å². The van der Waals surface area contributed by atoms with Gasteiger partial charge in [-0.3, -0.25) is 4.99 Å². The summed E-state index contributed by atoms with van der Waals surface area (Å²) in [4.78, 5) is 13.2. The number of rotatable bonds is 6. The molecule has 27 heavy (non-hydrogen) atoms. The molecule has 4 rings (SSSR count). The Bertz CT molecular complexity index is 958. The first-order chi connectivity index (χ1) is 13.3. The van der Waals surface area contributed by atoms with Crippen LogP contribution in [0.3, 0.4) is 0 Å². The Hall–Kier alpha value is -3.41. The van der Waals surface area contributed by atoms with Crippen molar-refractivity contribution >= 4 is 12.0 Å². The van der Waals surface area contributed by atoms with E-state index in [0.717, 1.165) is 39.7 Å². The number of nitrogens with one attached hydrogen (secondary N) is 1. The maximum atomic E-state index is 5.43. The van der Waals surface area contributed by atoms with Crippen molar-refractivity contribution in [1.82, 2.24) is 9.97 Å². The van der Waals surface area contributed by atoms with E-state index in [0.29, 0.717) is 13.1 Å². The first kappa shape index (κ1) is 17.0. The predicted octanol–water partition coefficient (Wildman–Crippen LogP) is 3.74. The Labute approximate surface area is 157 Å². The van der Waals surface area contributed by atoms with Gasteiger partial charge in [0.05, 0.1) is 17.8 Å². The topological polar surface area (TPSA) is 68.6 Å². The van der Waals surface area contributed by atoms with E-state index in [1.54, 1.807) is 6.33 Å². The summed E-state index contributed by atoms with van der Waals surface area (Å²) in [5, 5.41) is 3.37. The molecule has 0 bridgehead atoms. The molecule has 6 heteroatoms. The van der Waals surface area contributed by atoms with Crippen LogP contribution < -0.4 is 14.8 Å². The quantitative estimate of drug-likeness (QED) is 0.678. The normalized spacial score (nSPS) is 12.5. The number of hydrogen-bond donors (Lipinski definition) is 1. The van der Waals surface area contributed by atoms with Gasteiger partial charge in [-0.25, -0.2) is 9.97 Å². The highest BCUT2D eigenvalue weighted by Crippen LogP contribution is 2.32. The third-order valence-corrected chi connectivity index (χ3v) is 4.32. The summed E-state index contributed by atoms with van der Waals surface area (Å²) < 4.78 is 10.8.